The highest BCUT2D eigenvalue weighted by Gasteiger charge is 2.30. The molecule has 3 rings (SSSR count). The van der Waals surface area contributed by atoms with Crippen molar-refractivity contribution < 1.29 is 18.7 Å². The zero-order valence-electron chi connectivity index (χ0n) is 16.0. The fourth-order valence-corrected chi connectivity index (χ4v) is 3.54. The molecule has 0 spiro atoms. The second-order valence-electron chi connectivity index (χ2n) is 6.96. The molecule has 2 amide bonds. The summed E-state index contributed by atoms with van der Waals surface area (Å²) in [6.07, 6.45) is 2.16. The molecule has 2 aromatic carbocycles. The van der Waals surface area contributed by atoms with E-state index in [0.29, 0.717) is 31.8 Å². The van der Waals surface area contributed by atoms with Crippen LogP contribution < -0.4 is 10.1 Å². The van der Waals surface area contributed by atoms with E-state index in [0.717, 1.165) is 18.4 Å². The average molecular weight is 384 g/mol. The Hall–Kier alpha value is -2.89. The highest BCUT2D eigenvalue weighted by Crippen LogP contribution is 2.27. The fraction of sp³-hybridized carbons (Fsp3) is 0.364. The standard InChI is InChI=1S/C22H25FN2O3/c1-28-20-10-9-18(23)14-19(20)21(26)17-8-5-13-25(15-17)22(27)24-12-11-16-6-3-2-4-7-16/h2-4,6-7,9-10,14,17H,5,8,11-13,15H2,1H3,(H,24,27). The van der Waals surface area contributed by atoms with E-state index in [1.807, 2.05) is 30.3 Å². The van der Waals surface area contributed by atoms with Crippen LogP contribution in [-0.4, -0.2) is 43.5 Å². The lowest BCUT2D eigenvalue weighted by Crippen LogP contribution is -2.47. The minimum absolute atomic E-state index is 0.167. The molecule has 0 bridgehead atoms. The number of Topliss-reactive ketones (excluding diaryl/α,β-unsaturated/α-hetero) is 1. The number of benzene rings is 2. The highest BCUT2D eigenvalue weighted by molar-refractivity contribution is 6.00. The van der Waals surface area contributed by atoms with Crippen molar-refractivity contribution in [1.82, 2.24) is 10.2 Å². The first-order chi connectivity index (χ1) is 13.6. The van der Waals surface area contributed by atoms with Gasteiger partial charge in [-0.3, -0.25) is 4.79 Å². The minimum atomic E-state index is -0.476. The molecule has 2 aromatic rings. The number of urea groups is 1. The molecule has 148 valence electrons. The van der Waals surface area contributed by atoms with Gasteiger partial charge in [0.25, 0.3) is 0 Å². The molecule has 6 heteroatoms. The lowest BCUT2D eigenvalue weighted by Gasteiger charge is -2.32. The van der Waals surface area contributed by atoms with Gasteiger partial charge in [0.1, 0.15) is 11.6 Å². The van der Waals surface area contributed by atoms with E-state index in [9.17, 15) is 14.0 Å². The van der Waals surface area contributed by atoms with Gasteiger partial charge in [0.2, 0.25) is 0 Å². The topological polar surface area (TPSA) is 58.6 Å². The summed E-state index contributed by atoms with van der Waals surface area (Å²) in [6, 6.07) is 13.7. The number of ketones is 1. The number of carbonyl (C=O) groups is 2. The van der Waals surface area contributed by atoms with E-state index in [4.69, 9.17) is 4.74 Å². The van der Waals surface area contributed by atoms with Crippen LogP contribution in [0.1, 0.15) is 28.8 Å². The third-order valence-electron chi connectivity index (χ3n) is 5.04. The normalized spacial score (nSPS) is 16.5. The summed E-state index contributed by atoms with van der Waals surface area (Å²) in [4.78, 5) is 27.1. The lowest BCUT2D eigenvalue weighted by molar-refractivity contribution is 0.0842. The zero-order valence-corrected chi connectivity index (χ0v) is 16.0. The maximum Gasteiger partial charge on any atom is 0.317 e. The first kappa shape index (κ1) is 19.9. The average Bonchev–Trinajstić information content (AvgIpc) is 2.74. The summed E-state index contributed by atoms with van der Waals surface area (Å²) in [5.41, 5.74) is 1.39. The number of hydrogen-bond acceptors (Lipinski definition) is 3. The van der Waals surface area contributed by atoms with Gasteiger partial charge in [0.05, 0.1) is 12.7 Å². The molecule has 1 aliphatic heterocycles. The summed E-state index contributed by atoms with van der Waals surface area (Å²) in [5.74, 6) is -0.659. The smallest absolute Gasteiger partial charge is 0.317 e. The zero-order chi connectivity index (χ0) is 19.9. The van der Waals surface area contributed by atoms with Crippen molar-refractivity contribution in [3.05, 3.63) is 65.5 Å². The second-order valence-corrected chi connectivity index (χ2v) is 6.96. The Morgan fingerprint density at radius 3 is 2.75 bits per heavy atom. The summed E-state index contributed by atoms with van der Waals surface area (Å²) in [7, 11) is 1.46. The predicted molar refractivity (Wildman–Crippen MR) is 105 cm³/mol. The fourth-order valence-electron chi connectivity index (χ4n) is 3.54. The molecule has 1 fully saturated rings. The van der Waals surface area contributed by atoms with E-state index in [2.05, 4.69) is 5.32 Å². The van der Waals surface area contributed by atoms with E-state index in [1.54, 1.807) is 4.90 Å². The predicted octanol–water partition coefficient (Wildman–Crippen LogP) is 3.68. The van der Waals surface area contributed by atoms with Crippen LogP contribution in [0.2, 0.25) is 0 Å². The van der Waals surface area contributed by atoms with Crippen LogP contribution in [0.25, 0.3) is 0 Å². The third-order valence-corrected chi connectivity index (χ3v) is 5.04. The van der Waals surface area contributed by atoms with Crippen LogP contribution in [0, 0.1) is 11.7 Å². The Bertz CT molecular complexity index is 826. The van der Waals surface area contributed by atoms with Crippen LogP contribution in [-0.2, 0) is 6.42 Å². The summed E-state index contributed by atoms with van der Waals surface area (Å²) in [6.45, 7) is 1.48. The Morgan fingerprint density at radius 2 is 2.00 bits per heavy atom. The number of hydrogen-bond donors (Lipinski definition) is 1. The number of methoxy groups -OCH3 is 1. The molecule has 0 saturated carbocycles. The molecule has 0 radical (unpaired) electrons. The monoisotopic (exact) mass is 384 g/mol. The number of nitrogens with zero attached hydrogens (tertiary/aromatic N) is 1. The van der Waals surface area contributed by atoms with Crippen LogP contribution in [0.15, 0.2) is 48.5 Å². The van der Waals surface area contributed by atoms with Gasteiger partial charge in [-0.1, -0.05) is 30.3 Å². The van der Waals surface area contributed by atoms with Crippen molar-refractivity contribution in [3.8, 4) is 5.75 Å². The van der Waals surface area contributed by atoms with Gasteiger partial charge in [-0.2, -0.15) is 0 Å². The van der Waals surface area contributed by atoms with Gasteiger partial charge in [-0.05, 0) is 43.0 Å². The second kappa shape index (κ2) is 9.35. The van der Waals surface area contributed by atoms with Crippen molar-refractivity contribution in [3.63, 3.8) is 0 Å². The maximum absolute atomic E-state index is 13.6. The molecule has 5 nitrogen and oxygen atoms in total. The van der Waals surface area contributed by atoms with Crippen LogP contribution in [0.4, 0.5) is 9.18 Å². The number of amides is 2. The van der Waals surface area contributed by atoms with Gasteiger partial charge in [-0.25, -0.2) is 9.18 Å². The van der Waals surface area contributed by atoms with E-state index in [1.165, 1.54) is 25.3 Å². The van der Waals surface area contributed by atoms with Crippen LogP contribution >= 0.6 is 0 Å². The molecular weight excluding hydrogens is 359 g/mol. The number of nitrogens with one attached hydrogen (secondary N) is 1. The molecule has 1 aliphatic rings. The number of ether oxygens (including phenoxy) is 1. The number of piperidine rings is 1. The van der Waals surface area contributed by atoms with Crippen molar-refractivity contribution in [2.45, 2.75) is 19.3 Å². The molecule has 0 aromatic heterocycles. The maximum atomic E-state index is 13.6. The molecule has 28 heavy (non-hydrogen) atoms. The van der Waals surface area contributed by atoms with Crippen LogP contribution in [0.5, 0.6) is 5.75 Å². The Morgan fingerprint density at radius 1 is 1.21 bits per heavy atom. The van der Waals surface area contributed by atoms with Crippen molar-refractivity contribution in [2.75, 3.05) is 26.7 Å². The molecule has 1 saturated heterocycles. The van der Waals surface area contributed by atoms with Gasteiger partial charge in [-0.15, -0.1) is 0 Å². The molecular formula is C22H25FN2O3. The third kappa shape index (κ3) is 4.88. The van der Waals surface area contributed by atoms with Crippen molar-refractivity contribution in [1.29, 1.82) is 0 Å². The van der Waals surface area contributed by atoms with E-state index in [-0.39, 0.29) is 23.3 Å². The largest absolute Gasteiger partial charge is 0.496 e. The molecule has 1 atom stereocenters. The Kier molecular flexibility index (Phi) is 6.63. The summed E-state index contributed by atoms with van der Waals surface area (Å²) < 4.78 is 18.8. The molecule has 1 N–H and O–H groups in total. The highest BCUT2D eigenvalue weighted by atomic mass is 19.1. The van der Waals surface area contributed by atoms with Gasteiger partial charge in [0.15, 0.2) is 5.78 Å². The van der Waals surface area contributed by atoms with Crippen molar-refractivity contribution >= 4 is 11.8 Å². The van der Waals surface area contributed by atoms with Gasteiger partial charge >= 0.3 is 6.03 Å². The number of carbonyl (C=O) groups excluding carboxylic acids is 2. The summed E-state index contributed by atoms with van der Waals surface area (Å²) in [5, 5.41) is 2.92. The van der Waals surface area contributed by atoms with E-state index >= 15 is 0 Å². The lowest BCUT2D eigenvalue weighted by atomic mass is 9.89. The van der Waals surface area contributed by atoms with E-state index < -0.39 is 5.82 Å². The number of likely N-dealkylation sites (tertiary alicyclic amines) is 1. The Balaban J connectivity index is 1.58. The van der Waals surface area contributed by atoms with Crippen LogP contribution in [0.3, 0.4) is 0 Å². The van der Waals surface area contributed by atoms with Crippen molar-refractivity contribution in [2.24, 2.45) is 5.92 Å². The number of rotatable bonds is 6. The van der Waals surface area contributed by atoms with Gasteiger partial charge in [0, 0.05) is 25.6 Å². The van der Waals surface area contributed by atoms with Gasteiger partial charge < -0.3 is 15.0 Å². The quantitative estimate of drug-likeness (QED) is 0.773. The first-order valence-corrected chi connectivity index (χ1v) is 9.53. The molecule has 0 aliphatic carbocycles. The Labute approximate surface area is 164 Å². The first-order valence-electron chi connectivity index (χ1n) is 9.53. The SMILES string of the molecule is COc1ccc(F)cc1C(=O)C1CCCN(C(=O)NCCc2ccccc2)C1. The minimum Gasteiger partial charge on any atom is -0.496 e. The summed E-state index contributed by atoms with van der Waals surface area (Å²) >= 11 is 0. The molecule has 1 heterocycles. The molecule has 1 unspecified atom stereocenters. The number of halogens is 1.